The van der Waals surface area contributed by atoms with Gasteiger partial charge in [-0.2, -0.15) is 5.10 Å². The summed E-state index contributed by atoms with van der Waals surface area (Å²) in [4.78, 5) is 0.136. The fourth-order valence-electron chi connectivity index (χ4n) is 1.75. The van der Waals surface area contributed by atoms with Gasteiger partial charge in [0.25, 0.3) is 10.0 Å². The zero-order valence-electron chi connectivity index (χ0n) is 11.6. The fourth-order valence-corrected chi connectivity index (χ4v) is 2.94. The van der Waals surface area contributed by atoms with Gasteiger partial charge in [0.2, 0.25) is 0 Å². The molecule has 7 heteroatoms. The van der Waals surface area contributed by atoms with Gasteiger partial charge >= 0.3 is 0 Å². The van der Waals surface area contributed by atoms with Gasteiger partial charge in [0.1, 0.15) is 6.61 Å². The van der Waals surface area contributed by atoms with Crippen molar-refractivity contribution in [1.82, 2.24) is 10.2 Å². The standard InChI is InChI=1S/C14H15N3O3S/c1-10-14(11(2)16-15-10)17-21(19,20)13-7-5-12(6-8-13)4-3-9-18/h5-8,17-18H,9H2,1-2H3,(H,15,16). The van der Waals surface area contributed by atoms with E-state index in [4.69, 9.17) is 5.11 Å². The monoisotopic (exact) mass is 305 g/mol. The summed E-state index contributed by atoms with van der Waals surface area (Å²) in [6.45, 7) is 3.22. The summed E-state index contributed by atoms with van der Waals surface area (Å²) in [7, 11) is -3.67. The number of nitrogens with zero attached hydrogens (tertiary/aromatic N) is 1. The van der Waals surface area contributed by atoms with E-state index in [1.165, 1.54) is 12.1 Å². The molecule has 3 N–H and O–H groups in total. The topological polar surface area (TPSA) is 95.1 Å². The number of sulfonamides is 1. The molecule has 0 aliphatic heterocycles. The van der Waals surface area contributed by atoms with Crippen LogP contribution in [0.15, 0.2) is 29.2 Å². The quantitative estimate of drug-likeness (QED) is 0.742. The first kappa shape index (κ1) is 15.1. The van der Waals surface area contributed by atoms with E-state index in [9.17, 15) is 8.42 Å². The molecular formula is C14H15N3O3S. The Morgan fingerprint density at radius 2 is 1.95 bits per heavy atom. The number of aromatic nitrogens is 2. The normalized spacial score (nSPS) is 10.8. The molecule has 0 amide bonds. The van der Waals surface area contributed by atoms with Crippen LogP contribution >= 0.6 is 0 Å². The van der Waals surface area contributed by atoms with E-state index in [0.29, 0.717) is 22.6 Å². The highest BCUT2D eigenvalue weighted by molar-refractivity contribution is 7.92. The van der Waals surface area contributed by atoms with Crippen LogP contribution in [0.2, 0.25) is 0 Å². The first-order valence-corrected chi connectivity index (χ1v) is 7.66. The third-order valence-electron chi connectivity index (χ3n) is 2.84. The molecule has 6 nitrogen and oxygen atoms in total. The lowest BCUT2D eigenvalue weighted by Gasteiger charge is -2.08. The first-order chi connectivity index (χ1) is 9.94. The number of hydrogen-bond acceptors (Lipinski definition) is 4. The Morgan fingerprint density at radius 1 is 1.29 bits per heavy atom. The van der Waals surface area contributed by atoms with E-state index in [1.807, 2.05) is 0 Å². The third kappa shape index (κ3) is 3.42. The predicted octanol–water partition coefficient (Wildman–Crippen LogP) is 1.17. The number of aryl methyl sites for hydroxylation is 2. The van der Waals surface area contributed by atoms with Crippen LogP contribution in [0, 0.1) is 25.7 Å². The number of aromatic amines is 1. The summed E-state index contributed by atoms with van der Waals surface area (Å²) in [6, 6.07) is 6.11. The van der Waals surface area contributed by atoms with E-state index < -0.39 is 10.0 Å². The second-order valence-electron chi connectivity index (χ2n) is 4.40. The van der Waals surface area contributed by atoms with E-state index in [2.05, 4.69) is 26.8 Å². The van der Waals surface area contributed by atoms with Crippen molar-refractivity contribution in [2.24, 2.45) is 0 Å². The SMILES string of the molecule is Cc1n[nH]c(C)c1NS(=O)(=O)c1ccc(C#CCO)cc1. The molecule has 1 heterocycles. The number of aliphatic hydroxyl groups excluding tert-OH is 1. The lowest BCUT2D eigenvalue weighted by molar-refractivity contribution is 0.350. The highest BCUT2D eigenvalue weighted by Gasteiger charge is 2.17. The van der Waals surface area contributed by atoms with Crippen LogP contribution in [-0.4, -0.2) is 30.3 Å². The van der Waals surface area contributed by atoms with Crippen LogP contribution in [0.4, 0.5) is 5.69 Å². The number of benzene rings is 1. The molecule has 0 saturated carbocycles. The average Bonchev–Trinajstić information content (AvgIpc) is 2.77. The van der Waals surface area contributed by atoms with Gasteiger partial charge in [0.15, 0.2) is 0 Å². The minimum absolute atomic E-state index is 0.136. The second kappa shape index (κ2) is 5.99. The predicted molar refractivity (Wildman–Crippen MR) is 79.3 cm³/mol. The van der Waals surface area contributed by atoms with Crippen LogP contribution in [0.3, 0.4) is 0 Å². The molecule has 0 saturated heterocycles. The van der Waals surface area contributed by atoms with Gasteiger partial charge in [-0.3, -0.25) is 9.82 Å². The summed E-state index contributed by atoms with van der Waals surface area (Å²) >= 11 is 0. The van der Waals surface area contributed by atoms with Gasteiger partial charge in [-0.15, -0.1) is 0 Å². The van der Waals surface area contributed by atoms with Crippen LogP contribution in [-0.2, 0) is 10.0 Å². The molecule has 2 aromatic rings. The molecule has 0 aliphatic rings. The second-order valence-corrected chi connectivity index (χ2v) is 6.08. The summed E-state index contributed by atoms with van der Waals surface area (Å²) < 4.78 is 27.1. The van der Waals surface area contributed by atoms with Gasteiger partial charge in [0, 0.05) is 5.56 Å². The maximum atomic E-state index is 12.3. The Hall–Kier alpha value is -2.30. The van der Waals surface area contributed by atoms with Crippen molar-refractivity contribution in [3.05, 3.63) is 41.2 Å². The molecule has 0 spiro atoms. The number of aliphatic hydroxyl groups is 1. The van der Waals surface area contributed by atoms with Crippen LogP contribution in [0.5, 0.6) is 0 Å². The number of H-pyrrole nitrogens is 1. The summed E-state index contributed by atoms with van der Waals surface area (Å²) in [5, 5.41) is 15.3. The van der Waals surface area contributed by atoms with Crippen LogP contribution in [0.25, 0.3) is 0 Å². The number of anilines is 1. The molecule has 0 aliphatic carbocycles. The van der Waals surface area contributed by atoms with E-state index in [1.54, 1.807) is 26.0 Å². The van der Waals surface area contributed by atoms with Crippen molar-refractivity contribution >= 4 is 15.7 Å². The zero-order valence-corrected chi connectivity index (χ0v) is 12.5. The van der Waals surface area contributed by atoms with E-state index in [0.717, 1.165) is 0 Å². The maximum absolute atomic E-state index is 12.3. The lowest BCUT2D eigenvalue weighted by Crippen LogP contribution is -2.13. The Morgan fingerprint density at radius 3 is 2.48 bits per heavy atom. The smallest absolute Gasteiger partial charge is 0.262 e. The summed E-state index contributed by atoms with van der Waals surface area (Å²) in [5.41, 5.74) is 2.33. The molecule has 21 heavy (non-hydrogen) atoms. The molecule has 0 atom stereocenters. The molecule has 1 aromatic carbocycles. The van der Waals surface area contributed by atoms with Crippen molar-refractivity contribution < 1.29 is 13.5 Å². The zero-order chi connectivity index (χ0) is 15.5. The summed E-state index contributed by atoms with van der Waals surface area (Å²) in [5.74, 6) is 5.21. The first-order valence-electron chi connectivity index (χ1n) is 6.18. The molecular weight excluding hydrogens is 290 g/mol. The Bertz CT molecular complexity index is 777. The third-order valence-corrected chi connectivity index (χ3v) is 4.21. The highest BCUT2D eigenvalue weighted by Crippen LogP contribution is 2.21. The molecule has 0 fully saturated rings. The molecule has 0 bridgehead atoms. The van der Waals surface area contributed by atoms with Crippen LogP contribution in [0.1, 0.15) is 17.0 Å². The highest BCUT2D eigenvalue weighted by atomic mass is 32.2. The van der Waals surface area contributed by atoms with Gasteiger partial charge in [0.05, 0.1) is 22.0 Å². The molecule has 110 valence electrons. The average molecular weight is 305 g/mol. The number of hydrogen-bond donors (Lipinski definition) is 3. The minimum atomic E-state index is -3.67. The van der Waals surface area contributed by atoms with E-state index >= 15 is 0 Å². The molecule has 0 unspecified atom stereocenters. The number of rotatable bonds is 3. The lowest BCUT2D eigenvalue weighted by atomic mass is 10.2. The maximum Gasteiger partial charge on any atom is 0.262 e. The van der Waals surface area contributed by atoms with Crippen LogP contribution < -0.4 is 4.72 Å². The largest absolute Gasteiger partial charge is 0.384 e. The molecule has 0 radical (unpaired) electrons. The van der Waals surface area contributed by atoms with Gasteiger partial charge < -0.3 is 5.11 Å². The van der Waals surface area contributed by atoms with Gasteiger partial charge in [-0.05, 0) is 38.1 Å². The van der Waals surface area contributed by atoms with Crippen molar-refractivity contribution in [3.8, 4) is 11.8 Å². The van der Waals surface area contributed by atoms with E-state index in [-0.39, 0.29) is 11.5 Å². The van der Waals surface area contributed by atoms with Crippen molar-refractivity contribution in [2.75, 3.05) is 11.3 Å². The van der Waals surface area contributed by atoms with Crippen molar-refractivity contribution in [1.29, 1.82) is 0 Å². The summed E-state index contributed by atoms with van der Waals surface area (Å²) in [6.07, 6.45) is 0. The van der Waals surface area contributed by atoms with Gasteiger partial charge in [-0.1, -0.05) is 11.8 Å². The molecule has 1 aromatic heterocycles. The minimum Gasteiger partial charge on any atom is -0.384 e. The Balaban J connectivity index is 2.28. The van der Waals surface area contributed by atoms with Gasteiger partial charge in [-0.25, -0.2) is 8.42 Å². The Kier molecular flexibility index (Phi) is 4.31. The van der Waals surface area contributed by atoms with Crippen molar-refractivity contribution in [3.63, 3.8) is 0 Å². The molecule has 2 rings (SSSR count). The Labute approximate surface area is 123 Å². The fraction of sp³-hybridized carbons (Fsp3) is 0.214. The number of nitrogens with one attached hydrogen (secondary N) is 2. The van der Waals surface area contributed by atoms with Crippen molar-refractivity contribution in [2.45, 2.75) is 18.7 Å².